The molecule has 1 N–H and O–H groups in total. The van der Waals surface area contributed by atoms with Crippen LogP contribution in [0.4, 0.5) is 5.69 Å². The van der Waals surface area contributed by atoms with Gasteiger partial charge in [-0.25, -0.2) is 0 Å². The Morgan fingerprint density at radius 3 is 2.65 bits per heavy atom. The van der Waals surface area contributed by atoms with Gasteiger partial charge in [0.2, 0.25) is 5.91 Å². The van der Waals surface area contributed by atoms with Crippen molar-refractivity contribution in [2.45, 2.75) is 18.6 Å². The zero-order valence-corrected chi connectivity index (χ0v) is 12.3. The van der Waals surface area contributed by atoms with E-state index in [0.717, 1.165) is 0 Å². The minimum atomic E-state index is -0.996. The smallest absolute Gasteiger partial charge is 0.305 e. The number of thioether (sulfide) groups is 1. The summed E-state index contributed by atoms with van der Waals surface area (Å²) in [6.45, 7) is 2.39. The van der Waals surface area contributed by atoms with Crippen LogP contribution in [0.2, 0.25) is 5.02 Å². The van der Waals surface area contributed by atoms with Crippen LogP contribution < -0.4 is 4.90 Å². The van der Waals surface area contributed by atoms with E-state index >= 15 is 0 Å². The number of aliphatic carboxylic acids is 1. The lowest BCUT2D eigenvalue weighted by atomic mass is 10.2. The molecule has 1 aliphatic heterocycles. The number of rotatable bonds is 4. The predicted molar refractivity (Wildman–Crippen MR) is 80.5 cm³/mol. The summed E-state index contributed by atoms with van der Waals surface area (Å²) in [4.78, 5) is 28.9. The minimum absolute atomic E-state index is 0.212. The number of anilines is 1. The molecule has 20 heavy (non-hydrogen) atoms. The van der Waals surface area contributed by atoms with Gasteiger partial charge in [0.05, 0.1) is 12.1 Å². The van der Waals surface area contributed by atoms with E-state index in [1.54, 1.807) is 24.3 Å². The Morgan fingerprint density at radius 1 is 1.45 bits per heavy atom. The molecule has 1 aliphatic rings. The van der Waals surface area contributed by atoms with Gasteiger partial charge in [0.1, 0.15) is 5.25 Å². The molecule has 0 aromatic heterocycles. The lowest BCUT2D eigenvalue weighted by Crippen LogP contribution is -2.32. The van der Waals surface area contributed by atoms with Crippen LogP contribution in [0.1, 0.15) is 13.3 Å². The van der Waals surface area contributed by atoms with Crippen LogP contribution in [0.3, 0.4) is 0 Å². The molecule has 0 bridgehead atoms. The molecule has 0 unspecified atom stereocenters. The first-order chi connectivity index (χ1) is 9.52. The first kappa shape index (κ1) is 14.9. The molecule has 1 amide bonds. The fourth-order valence-electron chi connectivity index (χ4n) is 1.83. The lowest BCUT2D eigenvalue weighted by molar-refractivity contribution is -0.138. The molecule has 1 aromatic carbocycles. The molecule has 1 saturated heterocycles. The summed E-state index contributed by atoms with van der Waals surface area (Å²) in [5.74, 6) is -1.25. The van der Waals surface area contributed by atoms with Crippen LogP contribution in [0, 0.1) is 0 Å². The maximum absolute atomic E-state index is 12.3. The highest BCUT2D eigenvalue weighted by Crippen LogP contribution is 2.34. The molecule has 5 nitrogen and oxygen atoms in total. The van der Waals surface area contributed by atoms with Gasteiger partial charge in [-0.3, -0.25) is 19.5 Å². The van der Waals surface area contributed by atoms with Gasteiger partial charge in [-0.2, -0.15) is 0 Å². The number of nitrogens with zero attached hydrogens (tertiary/aromatic N) is 2. The Labute approximate surface area is 125 Å². The minimum Gasteiger partial charge on any atom is -0.481 e. The summed E-state index contributed by atoms with van der Waals surface area (Å²) in [6.07, 6.45) is -0.212. The lowest BCUT2D eigenvalue weighted by Gasteiger charge is -2.16. The Kier molecular flexibility index (Phi) is 4.67. The largest absolute Gasteiger partial charge is 0.481 e. The van der Waals surface area contributed by atoms with Crippen molar-refractivity contribution in [3.05, 3.63) is 29.3 Å². The van der Waals surface area contributed by atoms with Crippen LogP contribution >= 0.6 is 23.4 Å². The predicted octanol–water partition coefficient (Wildman–Crippen LogP) is 2.64. The molecule has 1 aromatic rings. The van der Waals surface area contributed by atoms with Crippen molar-refractivity contribution in [3.63, 3.8) is 0 Å². The summed E-state index contributed by atoms with van der Waals surface area (Å²) in [5, 5.41) is 9.34. The van der Waals surface area contributed by atoms with Crippen molar-refractivity contribution in [1.29, 1.82) is 0 Å². The summed E-state index contributed by atoms with van der Waals surface area (Å²) >= 11 is 7.02. The normalized spacial score (nSPS) is 20.7. The molecule has 1 atom stereocenters. The third-order valence-electron chi connectivity index (χ3n) is 2.67. The molecule has 7 heteroatoms. The van der Waals surface area contributed by atoms with E-state index in [2.05, 4.69) is 4.99 Å². The van der Waals surface area contributed by atoms with Crippen molar-refractivity contribution in [2.24, 2.45) is 4.99 Å². The Hall–Kier alpha value is -1.53. The van der Waals surface area contributed by atoms with E-state index in [9.17, 15) is 9.59 Å². The maximum Gasteiger partial charge on any atom is 0.305 e. The molecule has 106 valence electrons. The van der Waals surface area contributed by atoms with Gasteiger partial charge in [0.15, 0.2) is 5.17 Å². The number of carbonyl (C=O) groups excluding carboxylic acids is 1. The molecular formula is C13H13ClN2O3S. The fraction of sp³-hybridized carbons (Fsp3) is 0.308. The molecule has 0 radical (unpaired) electrons. The molecule has 1 fully saturated rings. The average Bonchev–Trinajstić information content (AvgIpc) is 2.67. The number of aliphatic imine (C=N–C) groups is 1. The molecular weight excluding hydrogens is 300 g/mol. The third kappa shape index (κ3) is 3.13. The van der Waals surface area contributed by atoms with Gasteiger partial charge in [-0.15, -0.1) is 0 Å². The number of benzene rings is 1. The van der Waals surface area contributed by atoms with E-state index in [4.69, 9.17) is 16.7 Å². The Balaban J connectivity index is 2.33. The van der Waals surface area contributed by atoms with Gasteiger partial charge in [0, 0.05) is 11.6 Å². The topological polar surface area (TPSA) is 70.0 Å². The molecule has 0 saturated carbocycles. The van der Waals surface area contributed by atoms with Crippen molar-refractivity contribution >= 4 is 46.1 Å². The van der Waals surface area contributed by atoms with Gasteiger partial charge in [-0.05, 0) is 31.2 Å². The van der Waals surface area contributed by atoms with E-state index in [-0.39, 0.29) is 12.3 Å². The monoisotopic (exact) mass is 312 g/mol. The van der Waals surface area contributed by atoms with Gasteiger partial charge in [0.25, 0.3) is 0 Å². The summed E-state index contributed by atoms with van der Waals surface area (Å²) < 4.78 is 0. The fourth-order valence-corrected chi connectivity index (χ4v) is 3.14. The van der Waals surface area contributed by atoms with E-state index in [1.165, 1.54) is 16.7 Å². The van der Waals surface area contributed by atoms with Crippen LogP contribution in [0.5, 0.6) is 0 Å². The highest BCUT2D eigenvalue weighted by molar-refractivity contribution is 8.16. The van der Waals surface area contributed by atoms with Crippen molar-refractivity contribution in [2.75, 3.05) is 11.4 Å². The number of hydrogen-bond acceptors (Lipinski definition) is 4. The zero-order valence-electron chi connectivity index (χ0n) is 10.7. The van der Waals surface area contributed by atoms with Gasteiger partial charge < -0.3 is 5.11 Å². The Morgan fingerprint density at radius 2 is 2.10 bits per heavy atom. The van der Waals surface area contributed by atoms with Crippen LogP contribution in [0.25, 0.3) is 0 Å². The summed E-state index contributed by atoms with van der Waals surface area (Å²) in [6, 6.07) is 6.80. The van der Waals surface area contributed by atoms with Crippen LogP contribution in [0.15, 0.2) is 29.3 Å². The highest BCUT2D eigenvalue weighted by atomic mass is 35.5. The SMILES string of the molecule is CCN=C1S[C@@H](CC(=O)O)C(=O)N1c1ccc(Cl)cc1. The van der Waals surface area contributed by atoms with E-state index in [0.29, 0.717) is 22.4 Å². The second-order valence-electron chi connectivity index (χ2n) is 4.11. The average molecular weight is 313 g/mol. The third-order valence-corrected chi connectivity index (χ3v) is 4.10. The first-order valence-corrected chi connectivity index (χ1v) is 7.31. The van der Waals surface area contributed by atoms with Gasteiger partial charge >= 0.3 is 5.97 Å². The van der Waals surface area contributed by atoms with Crippen molar-refractivity contribution in [3.8, 4) is 0 Å². The van der Waals surface area contributed by atoms with Crippen LogP contribution in [-0.4, -0.2) is 33.9 Å². The zero-order chi connectivity index (χ0) is 14.7. The molecule has 2 rings (SSSR count). The number of carbonyl (C=O) groups is 2. The van der Waals surface area contributed by atoms with Crippen LogP contribution in [-0.2, 0) is 9.59 Å². The second kappa shape index (κ2) is 6.28. The standard InChI is InChI=1S/C13H13ClN2O3S/c1-2-15-13-16(9-5-3-8(14)4-6-9)12(19)10(20-13)7-11(17)18/h3-6,10H,2,7H2,1H3,(H,17,18)/t10-/m0/s1. The quantitative estimate of drug-likeness (QED) is 0.928. The van der Waals surface area contributed by atoms with E-state index in [1.807, 2.05) is 6.92 Å². The molecule has 0 spiro atoms. The highest BCUT2D eigenvalue weighted by Gasteiger charge is 2.39. The number of carboxylic acid groups (broad SMARTS) is 1. The second-order valence-corrected chi connectivity index (χ2v) is 5.72. The number of amides is 1. The number of hydrogen-bond donors (Lipinski definition) is 1. The maximum atomic E-state index is 12.3. The number of halogens is 1. The number of amidine groups is 1. The van der Waals surface area contributed by atoms with Crippen molar-refractivity contribution in [1.82, 2.24) is 0 Å². The number of carboxylic acids is 1. The first-order valence-electron chi connectivity index (χ1n) is 6.05. The summed E-state index contributed by atoms with van der Waals surface area (Å²) in [7, 11) is 0. The molecule has 0 aliphatic carbocycles. The van der Waals surface area contributed by atoms with Gasteiger partial charge in [-0.1, -0.05) is 23.4 Å². The summed E-state index contributed by atoms with van der Waals surface area (Å²) in [5.41, 5.74) is 0.645. The van der Waals surface area contributed by atoms with Crippen molar-refractivity contribution < 1.29 is 14.7 Å². The molecule has 1 heterocycles. The Bertz CT molecular complexity index is 559. The van der Waals surface area contributed by atoms with E-state index < -0.39 is 11.2 Å².